The minimum atomic E-state index is 0.151. The van der Waals surface area contributed by atoms with Gasteiger partial charge in [0.1, 0.15) is 0 Å². The second-order valence-corrected chi connectivity index (χ2v) is 2.85. The van der Waals surface area contributed by atoms with E-state index in [0.717, 1.165) is 0 Å². The average Bonchev–Trinajstić information content (AvgIpc) is 1.81. The summed E-state index contributed by atoms with van der Waals surface area (Å²) in [6.07, 6.45) is 3.79. The lowest BCUT2D eigenvalue weighted by molar-refractivity contribution is 0.675. The Kier molecular flexibility index (Phi) is 4.05. The molecule has 0 rings (SSSR count). The summed E-state index contributed by atoms with van der Waals surface area (Å²) < 4.78 is 0. The molecule has 0 aromatic carbocycles. The minimum absolute atomic E-state index is 0.151. The third-order valence-corrected chi connectivity index (χ3v) is 1.50. The van der Waals surface area contributed by atoms with Gasteiger partial charge in [0.25, 0.3) is 0 Å². The van der Waals surface area contributed by atoms with Crippen LogP contribution in [0.1, 0.15) is 20.8 Å². The van der Waals surface area contributed by atoms with Gasteiger partial charge in [0.2, 0.25) is 0 Å². The highest BCUT2D eigenvalue weighted by Gasteiger charge is 2.05. The molecule has 0 aliphatic heterocycles. The molecule has 0 aliphatic carbocycles. The zero-order chi connectivity index (χ0) is 8.15. The highest BCUT2D eigenvalue weighted by Crippen LogP contribution is 2.11. The molecule has 0 spiro atoms. The van der Waals surface area contributed by atoms with Crippen molar-refractivity contribution in [1.29, 1.82) is 0 Å². The molecule has 0 aromatic heterocycles. The zero-order valence-corrected chi connectivity index (χ0v) is 7.09. The van der Waals surface area contributed by atoms with Crippen LogP contribution in [0, 0.1) is 5.92 Å². The maximum atomic E-state index is 5.71. The number of nitrogens with two attached hydrogens (primary N) is 1. The van der Waals surface area contributed by atoms with Crippen molar-refractivity contribution in [3.63, 3.8) is 0 Å². The number of hydrogen-bond acceptors (Lipinski definition) is 1. The maximum absolute atomic E-state index is 5.71. The van der Waals surface area contributed by atoms with Crippen molar-refractivity contribution in [3.8, 4) is 0 Å². The van der Waals surface area contributed by atoms with E-state index in [9.17, 15) is 0 Å². The number of hydrogen-bond donors (Lipinski definition) is 1. The quantitative estimate of drug-likeness (QED) is 0.595. The molecule has 0 saturated carbocycles. The lowest BCUT2D eigenvalue weighted by atomic mass is 9.97. The largest absolute Gasteiger partial charge is 0.324 e. The topological polar surface area (TPSA) is 26.0 Å². The van der Waals surface area contributed by atoms with Gasteiger partial charge in [-0.15, -0.1) is 0 Å². The Morgan fingerprint density at radius 3 is 2.00 bits per heavy atom. The van der Waals surface area contributed by atoms with Crippen LogP contribution >= 0.6 is 0 Å². The maximum Gasteiger partial charge on any atom is 0.0230 e. The predicted molar refractivity (Wildman–Crippen MR) is 46.8 cm³/mol. The summed E-state index contributed by atoms with van der Waals surface area (Å²) in [5, 5.41) is 0. The van der Waals surface area contributed by atoms with Crippen LogP contribution in [0.5, 0.6) is 0 Å². The van der Waals surface area contributed by atoms with E-state index < -0.39 is 0 Å². The van der Waals surface area contributed by atoms with Gasteiger partial charge >= 0.3 is 0 Å². The Labute approximate surface area is 63.6 Å². The summed E-state index contributed by atoms with van der Waals surface area (Å²) in [7, 11) is 0. The monoisotopic (exact) mass is 139 g/mol. The van der Waals surface area contributed by atoms with Crippen LogP contribution in [0.15, 0.2) is 24.3 Å². The molecule has 0 saturated heterocycles. The lowest BCUT2D eigenvalue weighted by Crippen LogP contribution is -2.21. The van der Waals surface area contributed by atoms with Gasteiger partial charge in [-0.25, -0.2) is 0 Å². The number of allylic oxidation sites excluding steroid dienone is 2. The van der Waals surface area contributed by atoms with Crippen LogP contribution in [0.3, 0.4) is 0 Å². The molecule has 0 aromatic rings. The van der Waals surface area contributed by atoms with Gasteiger partial charge in [-0.05, 0) is 12.8 Å². The van der Waals surface area contributed by atoms with E-state index in [2.05, 4.69) is 20.4 Å². The highest BCUT2D eigenvalue weighted by molar-refractivity contribution is 5.16. The molecule has 1 heteroatoms. The lowest BCUT2D eigenvalue weighted by Gasteiger charge is -2.13. The van der Waals surface area contributed by atoms with E-state index in [0.29, 0.717) is 5.92 Å². The molecule has 58 valence electrons. The van der Waals surface area contributed by atoms with Crippen molar-refractivity contribution < 1.29 is 0 Å². The van der Waals surface area contributed by atoms with E-state index in [1.807, 2.05) is 13.0 Å². The molecule has 10 heavy (non-hydrogen) atoms. The Morgan fingerprint density at radius 1 is 1.40 bits per heavy atom. The number of rotatable bonds is 3. The van der Waals surface area contributed by atoms with E-state index in [1.54, 1.807) is 6.08 Å². The van der Waals surface area contributed by atoms with Gasteiger partial charge in [0, 0.05) is 6.04 Å². The summed E-state index contributed by atoms with van der Waals surface area (Å²) in [4.78, 5) is 0. The first kappa shape index (κ1) is 9.44. The summed E-state index contributed by atoms with van der Waals surface area (Å²) >= 11 is 0. The van der Waals surface area contributed by atoms with Crippen molar-refractivity contribution in [2.45, 2.75) is 26.8 Å². The molecule has 0 bridgehead atoms. The Balaban J connectivity index is 4.26. The molecule has 2 N–H and O–H groups in total. The molecule has 0 aliphatic rings. The SMILES string of the molecule is C=C/C=C(\C(C)C)[C@H](C)N. The molecule has 0 fully saturated rings. The first-order valence-electron chi connectivity index (χ1n) is 3.67. The molecular formula is C9H17N. The van der Waals surface area contributed by atoms with E-state index >= 15 is 0 Å². The van der Waals surface area contributed by atoms with Crippen LogP contribution in [0.2, 0.25) is 0 Å². The Morgan fingerprint density at radius 2 is 1.90 bits per heavy atom. The van der Waals surface area contributed by atoms with Gasteiger partial charge in [0.05, 0.1) is 0 Å². The fourth-order valence-electron chi connectivity index (χ4n) is 1.01. The van der Waals surface area contributed by atoms with Crippen molar-refractivity contribution in [2.24, 2.45) is 11.7 Å². The van der Waals surface area contributed by atoms with Gasteiger partial charge in [0.15, 0.2) is 0 Å². The highest BCUT2D eigenvalue weighted by atomic mass is 14.6. The summed E-state index contributed by atoms with van der Waals surface area (Å²) in [5.41, 5.74) is 6.97. The first-order valence-corrected chi connectivity index (χ1v) is 3.67. The smallest absolute Gasteiger partial charge is 0.0230 e. The second kappa shape index (κ2) is 4.29. The van der Waals surface area contributed by atoms with Gasteiger partial charge in [-0.2, -0.15) is 0 Å². The summed E-state index contributed by atoms with van der Waals surface area (Å²) in [6, 6.07) is 0.151. The molecule has 0 amide bonds. The van der Waals surface area contributed by atoms with Crippen LogP contribution < -0.4 is 5.73 Å². The van der Waals surface area contributed by atoms with Crippen molar-refractivity contribution in [3.05, 3.63) is 24.3 Å². The van der Waals surface area contributed by atoms with Crippen molar-refractivity contribution in [2.75, 3.05) is 0 Å². The summed E-state index contributed by atoms with van der Waals surface area (Å²) in [5.74, 6) is 0.526. The van der Waals surface area contributed by atoms with Crippen LogP contribution in [-0.2, 0) is 0 Å². The van der Waals surface area contributed by atoms with Crippen LogP contribution in [-0.4, -0.2) is 6.04 Å². The third kappa shape index (κ3) is 2.83. The Bertz CT molecular complexity index is 122. The van der Waals surface area contributed by atoms with Gasteiger partial charge < -0.3 is 5.73 Å². The zero-order valence-electron chi connectivity index (χ0n) is 7.09. The van der Waals surface area contributed by atoms with Crippen molar-refractivity contribution in [1.82, 2.24) is 0 Å². The summed E-state index contributed by atoms with van der Waals surface area (Å²) in [6.45, 7) is 9.90. The van der Waals surface area contributed by atoms with Gasteiger partial charge in [-0.1, -0.05) is 38.2 Å². The molecule has 1 atom stereocenters. The minimum Gasteiger partial charge on any atom is -0.324 e. The van der Waals surface area contributed by atoms with E-state index in [-0.39, 0.29) is 6.04 Å². The van der Waals surface area contributed by atoms with Crippen LogP contribution in [0.4, 0.5) is 0 Å². The molecule has 0 radical (unpaired) electrons. The normalized spacial score (nSPS) is 15.5. The Hall–Kier alpha value is -0.560. The molecule has 0 heterocycles. The van der Waals surface area contributed by atoms with Crippen LogP contribution in [0.25, 0.3) is 0 Å². The van der Waals surface area contributed by atoms with Gasteiger partial charge in [-0.3, -0.25) is 0 Å². The van der Waals surface area contributed by atoms with E-state index in [4.69, 9.17) is 5.73 Å². The van der Waals surface area contributed by atoms with E-state index in [1.165, 1.54) is 5.57 Å². The average molecular weight is 139 g/mol. The third-order valence-electron chi connectivity index (χ3n) is 1.50. The molecule has 0 unspecified atom stereocenters. The standard InChI is InChI=1S/C9H17N/c1-5-6-9(7(2)3)8(4)10/h5-8H,1,10H2,2-4H3/b9-6+/t8-/m0/s1. The molecular weight excluding hydrogens is 122 g/mol. The fraction of sp³-hybridized carbons (Fsp3) is 0.556. The molecule has 1 nitrogen and oxygen atoms in total. The predicted octanol–water partition coefficient (Wildman–Crippen LogP) is 2.10. The van der Waals surface area contributed by atoms with Crippen molar-refractivity contribution >= 4 is 0 Å². The second-order valence-electron chi connectivity index (χ2n) is 2.85. The first-order chi connectivity index (χ1) is 4.59. The fourth-order valence-corrected chi connectivity index (χ4v) is 1.01.